The molecule has 1 N–H and O–H groups in total. The van der Waals surface area contributed by atoms with E-state index in [0.29, 0.717) is 5.54 Å². The molecule has 1 saturated heterocycles. The summed E-state index contributed by atoms with van der Waals surface area (Å²) in [5.41, 5.74) is 0.302. The zero-order valence-corrected chi connectivity index (χ0v) is 12.1. The van der Waals surface area contributed by atoms with Crippen LogP contribution in [0.4, 0.5) is 0 Å². The summed E-state index contributed by atoms with van der Waals surface area (Å²) in [5, 5.41) is 3.73. The van der Waals surface area contributed by atoms with Crippen molar-refractivity contribution in [2.24, 2.45) is 5.92 Å². The van der Waals surface area contributed by atoms with Gasteiger partial charge in [-0.25, -0.2) is 0 Å². The van der Waals surface area contributed by atoms with Gasteiger partial charge in [0, 0.05) is 30.7 Å². The molecule has 2 heteroatoms. The topological polar surface area (TPSA) is 15.3 Å². The lowest BCUT2D eigenvalue weighted by Gasteiger charge is -2.48. The maximum absolute atomic E-state index is 3.73. The largest absolute Gasteiger partial charge is 0.309 e. The summed E-state index contributed by atoms with van der Waals surface area (Å²) in [5.74, 6) is 0.812. The standard InChI is InChI=1S/C15H30N2/c1-12(2)9-14-10-16-15(3,4)11-17(14)13-7-5-6-8-13/h12-14,16H,5-11H2,1-4H3. The van der Waals surface area contributed by atoms with Crippen LogP contribution in [-0.4, -0.2) is 35.6 Å². The molecule has 2 nitrogen and oxygen atoms in total. The lowest BCUT2D eigenvalue weighted by atomic mass is 9.92. The first-order valence-electron chi connectivity index (χ1n) is 7.49. The van der Waals surface area contributed by atoms with Crippen LogP contribution in [0, 0.1) is 5.92 Å². The molecule has 0 aromatic rings. The lowest BCUT2D eigenvalue weighted by Crippen LogP contribution is -2.63. The highest BCUT2D eigenvalue weighted by Crippen LogP contribution is 2.30. The molecule has 100 valence electrons. The van der Waals surface area contributed by atoms with Crippen molar-refractivity contribution in [2.75, 3.05) is 13.1 Å². The summed E-state index contributed by atoms with van der Waals surface area (Å²) in [7, 11) is 0. The van der Waals surface area contributed by atoms with Gasteiger partial charge in [0.2, 0.25) is 0 Å². The second-order valence-electron chi connectivity index (χ2n) is 7.16. The summed E-state index contributed by atoms with van der Waals surface area (Å²) >= 11 is 0. The predicted molar refractivity (Wildman–Crippen MR) is 74.3 cm³/mol. The summed E-state index contributed by atoms with van der Waals surface area (Å²) in [6.07, 6.45) is 7.11. The molecule has 1 aliphatic heterocycles. The molecule has 2 rings (SSSR count). The number of rotatable bonds is 3. The van der Waals surface area contributed by atoms with Crippen LogP contribution in [0.5, 0.6) is 0 Å². The van der Waals surface area contributed by atoms with Crippen LogP contribution >= 0.6 is 0 Å². The Kier molecular flexibility index (Phi) is 4.14. The molecular weight excluding hydrogens is 208 g/mol. The van der Waals surface area contributed by atoms with Crippen molar-refractivity contribution in [2.45, 2.75) is 77.4 Å². The molecule has 0 aromatic carbocycles. The highest BCUT2D eigenvalue weighted by Gasteiger charge is 2.37. The molecule has 1 heterocycles. The Bertz CT molecular complexity index is 241. The summed E-state index contributed by atoms with van der Waals surface area (Å²) in [4.78, 5) is 2.84. The van der Waals surface area contributed by atoms with Gasteiger partial charge in [-0.1, -0.05) is 26.7 Å². The van der Waals surface area contributed by atoms with Crippen molar-refractivity contribution in [3.63, 3.8) is 0 Å². The molecule has 0 radical (unpaired) electrons. The third-order valence-corrected chi connectivity index (χ3v) is 4.40. The molecule has 2 aliphatic rings. The van der Waals surface area contributed by atoms with E-state index in [9.17, 15) is 0 Å². The number of hydrogen-bond acceptors (Lipinski definition) is 2. The third-order valence-electron chi connectivity index (χ3n) is 4.40. The Morgan fingerprint density at radius 3 is 2.47 bits per heavy atom. The van der Waals surface area contributed by atoms with Crippen molar-refractivity contribution in [3.8, 4) is 0 Å². The van der Waals surface area contributed by atoms with Gasteiger partial charge in [-0.15, -0.1) is 0 Å². The average Bonchev–Trinajstić information content (AvgIpc) is 2.73. The van der Waals surface area contributed by atoms with E-state index in [1.807, 2.05) is 0 Å². The van der Waals surface area contributed by atoms with Crippen molar-refractivity contribution in [1.29, 1.82) is 0 Å². The van der Waals surface area contributed by atoms with Gasteiger partial charge >= 0.3 is 0 Å². The Morgan fingerprint density at radius 2 is 1.88 bits per heavy atom. The number of nitrogens with zero attached hydrogens (tertiary/aromatic N) is 1. The fourth-order valence-corrected chi connectivity index (χ4v) is 3.58. The van der Waals surface area contributed by atoms with Crippen LogP contribution in [0.2, 0.25) is 0 Å². The molecule has 0 aromatic heterocycles. The Balaban J connectivity index is 2.03. The van der Waals surface area contributed by atoms with Crippen molar-refractivity contribution in [1.82, 2.24) is 10.2 Å². The van der Waals surface area contributed by atoms with Gasteiger partial charge in [-0.2, -0.15) is 0 Å². The molecule has 0 amide bonds. The van der Waals surface area contributed by atoms with Crippen molar-refractivity contribution in [3.05, 3.63) is 0 Å². The highest BCUT2D eigenvalue weighted by atomic mass is 15.3. The van der Waals surface area contributed by atoms with E-state index in [1.54, 1.807) is 0 Å². The molecule has 1 atom stereocenters. The zero-order chi connectivity index (χ0) is 12.5. The lowest BCUT2D eigenvalue weighted by molar-refractivity contribution is 0.0458. The van der Waals surface area contributed by atoms with E-state index in [4.69, 9.17) is 0 Å². The quantitative estimate of drug-likeness (QED) is 0.813. The second kappa shape index (κ2) is 5.27. The minimum Gasteiger partial charge on any atom is -0.309 e. The molecule has 1 aliphatic carbocycles. The molecule has 0 bridgehead atoms. The van der Waals surface area contributed by atoms with E-state index >= 15 is 0 Å². The van der Waals surface area contributed by atoms with Crippen LogP contribution in [-0.2, 0) is 0 Å². The second-order valence-corrected chi connectivity index (χ2v) is 7.16. The monoisotopic (exact) mass is 238 g/mol. The summed E-state index contributed by atoms with van der Waals surface area (Å²) < 4.78 is 0. The minimum absolute atomic E-state index is 0.302. The van der Waals surface area contributed by atoms with E-state index < -0.39 is 0 Å². The van der Waals surface area contributed by atoms with Crippen molar-refractivity contribution < 1.29 is 0 Å². The molecule has 2 fully saturated rings. The minimum atomic E-state index is 0.302. The Morgan fingerprint density at radius 1 is 1.24 bits per heavy atom. The SMILES string of the molecule is CC(C)CC1CNC(C)(C)CN1C1CCCC1. The van der Waals surface area contributed by atoms with Crippen LogP contribution in [0.25, 0.3) is 0 Å². The molecule has 0 spiro atoms. The van der Waals surface area contributed by atoms with Gasteiger partial charge in [0.25, 0.3) is 0 Å². The number of piperazine rings is 1. The van der Waals surface area contributed by atoms with Gasteiger partial charge in [0.1, 0.15) is 0 Å². The predicted octanol–water partition coefficient (Wildman–Crippen LogP) is 3.03. The molecular formula is C15H30N2. The first-order valence-corrected chi connectivity index (χ1v) is 7.49. The number of nitrogens with one attached hydrogen (secondary N) is 1. The van der Waals surface area contributed by atoms with Gasteiger partial charge in [-0.05, 0) is 39.0 Å². The summed E-state index contributed by atoms with van der Waals surface area (Å²) in [6.45, 7) is 11.8. The third kappa shape index (κ3) is 3.45. The highest BCUT2D eigenvalue weighted by molar-refractivity contribution is 4.96. The van der Waals surface area contributed by atoms with E-state index in [-0.39, 0.29) is 0 Å². The maximum Gasteiger partial charge on any atom is 0.0253 e. The Hall–Kier alpha value is -0.0800. The van der Waals surface area contributed by atoms with Crippen LogP contribution in [0.3, 0.4) is 0 Å². The fourth-order valence-electron chi connectivity index (χ4n) is 3.58. The Labute approximate surface area is 107 Å². The fraction of sp³-hybridized carbons (Fsp3) is 1.00. The van der Waals surface area contributed by atoms with Crippen LogP contribution < -0.4 is 5.32 Å². The average molecular weight is 238 g/mol. The summed E-state index contributed by atoms with van der Waals surface area (Å²) in [6, 6.07) is 1.64. The van der Waals surface area contributed by atoms with Crippen molar-refractivity contribution >= 4 is 0 Å². The van der Waals surface area contributed by atoms with E-state index in [0.717, 1.165) is 18.0 Å². The van der Waals surface area contributed by atoms with E-state index in [2.05, 4.69) is 37.9 Å². The van der Waals surface area contributed by atoms with Crippen LogP contribution in [0.1, 0.15) is 59.8 Å². The molecule has 17 heavy (non-hydrogen) atoms. The smallest absolute Gasteiger partial charge is 0.0253 e. The maximum atomic E-state index is 3.73. The zero-order valence-electron chi connectivity index (χ0n) is 12.1. The van der Waals surface area contributed by atoms with E-state index in [1.165, 1.54) is 45.2 Å². The first kappa shape index (κ1) is 13.4. The first-order chi connectivity index (χ1) is 7.98. The number of hydrogen-bond donors (Lipinski definition) is 1. The normalized spacial score (nSPS) is 31.2. The molecule has 1 unspecified atom stereocenters. The van der Waals surface area contributed by atoms with Gasteiger partial charge in [0.15, 0.2) is 0 Å². The van der Waals surface area contributed by atoms with Crippen LogP contribution in [0.15, 0.2) is 0 Å². The van der Waals surface area contributed by atoms with Gasteiger partial charge in [0.05, 0.1) is 0 Å². The molecule has 1 saturated carbocycles. The van der Waals surface area contributed by atoms with Gasteiger partial charge < -0.3 is 5.32 Å². The van der Waals surface area contributed by atoms with Gasteiger partial charge in [-0.3, -0.25) is 4.90 Å².